The lowest BCUT2D eigenvalue weighted by Gasteiger charge is -2.13. The fourth-order valence-electron chi connectivity index (χ4n) is 3.75. The molecule has 1 heterocycles. The van der Waals surface area contributed by atoms with Crippen molar-refractivity contribution in [1.82, 2.24) is 9.78 Å². The molecule has 1 aliphatic carbocycles. The molecule has 7 heteroatoms. The number of amides is 1. The van der Waals surface area contributed by atoms with Gasteiger partial charge in [-0.1, -0.05) is 62.6 Å². The van der Waals surface area contributed by atoms with E-state index in [1.165, 1.54) is 29.3 Å². The third kappa shape index (κ3) is 8.92. The van der Waals surface area contributed by atoms with Gasteiger partial charge < -0.3 is 15.2 Å². The van der Waals surface area contributed by atoms with Crippen LogP contribution >= 0.6 is 0 Å². The Kier molecular flexibility index (Phi) is 11.5. The summed E-state index contributed by atoms with van der Waals surface area (Å²) in [5, 5.41) is 16.7. The van der Waals surface area contributed by atoms with Gasteiger partial charge in [0.1, 0.15) is 5.75 Å². The van der Waals surface area contributed by atoms with E-state index in [0.29, 0.717) is 30.5 Å². The maximum atomic E-state index is 12.5. The number of anilines is 1. The van der Waals surface area contributed by atoms with Crippen LogP contribution in [0.25, 0.3) is 0 Å². The van der Waals surface area contributed by atoms with Gasteiger partial charge in [0.25, 0.3) is 11.3 Å². The number of hydrogen-bond donors (Lipinski definition) is 2. The van der Waals surface area contributed by atoms with Crippen molar-refractivity contribution >= 4 is 11.6 Å². The van der Waals surface area contributed by atoms with Gasteiger partial charge in [0.15, 0.2) is 11.4 Å². The second-order valence-electron chi connectivity index (χ2n) is 8.13. The van der Waals surface area contributed by atoms with E-state index in [2.05, 4.69) is 29.5 Å². The topological polar surface area (TPSA) is 93.4 Å². The molecule has 7 nitrogen and oxygen atoms in total. The van der Waals surface area contributed by atoms with E-state index in [1.807, 2.05) is 39.0 Å². The number of aromatic hydroxyl groups is 1. The van der Waals surface area contributed by atoms with Crippen LogP contribution in [0.1, 0.15) is 62.5 Å². The van der Waals surface area contributed by atoms with Crippen LogP contribution in [-0.2, 0) is 6.54 Å². The summed E-state index contributed by atoms with van der Waals surface area (Å²) in [6.07, 6.45) is 5.86. The Morgan fingerprint density at radius 3 is 2.26 bits per heavy atom. The lowest BCUT2D eigenvalue weighted by atomic mass is 10.1. The van der Waals surface area contributed by atoms with E-state index in [4.69, 9.17) is 4.74 Å². The lowest BCUT2D eigenvalue weighted by molar-refractivity contribution is 0.101. The summed E-state index contributed by atoms with van der Waals surface area (Å²) in [7, 11) is 0. The lowest BCUT2D eigenvalue weighted by Crippen LogP contribution is -2.27. The normalized spacial score (nSPS) is 12.6. The first kappa shape index (κ1) is 27.6. The summed E-state index contributed by atoms with van der Waals surface area (Å²) in [5.41, 5.74) is 0.765. The van der Waals surface area contributed by atoms with Crippen LogP contribution in [0.15, 0.2) is 65.6 Å². The number of hydrogen-bond acceptors (Lipinski definition) is 5. The second kappa shape index (κ2) is 14.6. The van der Waals surface area contributed by atoms with Crippen LogP contribution in [0.4, 0.5) is 5.69 Å². The molecule has 0 aliphatic heterocycles. The number of nitrogens with one attached hydrogen (secondary N) is 1. The molecule has 0 radical (unpaired) electrons. The largest absolute Gasteiger partial charge is 0.503 e. The summed E-state index contributed by atoms with van der Waals surface area (Å²) in [4.78, 5) is 24.6. The molecule has 35 heavy (non-hydrogen) atoms. The fourth-order valence-corrected chi connectivity index (χ4v) is 3.75. The van der Waals surface area contributed by atoms with Gasteiger partial charge in [0, 0.05) is 12.2 Å². The predicted molar refractivity (Wildman–Crippen MR) is 140 cm³/mol. The molecule has 1 amide bonds. The van der Waals surface area contributed by atoms with Crippen LogP contribution in [0, 0.1) is 12.8 Å². The van der Waals surface area contributed by atoms with Crippen molar-refractivity contribution in [3.05, 3.63) is 82.3 Å². The molecule has 0 atom stereocenters. The summed E-state index contributed by atoms with van der Waals surface area (Å²) in [6, 6.07) is 17.1. The average Bonchev–Trinajstić information content (AvgIpc) is 3.38. The molecule has 2 aromatic carbocycles. The predicted octanol–water partition coefficient (Wildman–Crippen LogP) is 5.81. The van der Waals surface area contributed by atoms with Crippen molar-refractivity contribution in [2.45, 2.75) is 59.9 Å². The number of benzene rings is 2. The Bertz CT molecular complexity index is 1090. The molecule has 0 unspecified atom stereocenters. The maximum Gasteiger partial charge on any atom is 0.280 e. The summed E-state index contributed by atoms with van der Waals surface area (Å²) in [6.45, 7) is 9.12. The molecule has 1 aromatic heterocycles. The fraction of sp³-hybridized carbons (Fsp3) is 0.393. The van der Waals surface area contributed by atoms with E-state index in [9.17, 15) is 14.7 Å². The number of aryl methyl sites for hydroxylation is 1. The third-order valence-corrected chi connectivity index (χ3v) is 5.45. The van der Waals surface area contributed by atoms with Crippen molar-refractivity contribution in [1.29, 1.82) is 0 Å². The minimum atomic E-state index is -0.767. The van der Waals surface area contributed by atoms with Gasteiger partial charge in [0.05, 0.1) is 12.8 Å². The zero-order chi connectivity index (χ0) is 25.6. The summed E-state index contributed by atoms with van der Waals surface area (Å²) >= 11 is 0. The Balaban J connectivity index is 0.000000407. The Labute approximate surface area is 207 Å². The molecule has 3 aromatic rings. The minimum Gasteiger partial charge on any atom is -0.503 e. The van der Waals surface area contributed by atoms with Gasteiger partial charge in [-0.15, -0.1) is 0 Å². The van der Waals surface area contributed by atoms with Crippen molar-refractivity contribution in [2.75, 3.05) is 11.9 Å². The molecule has 4 rings (SSSR count). The Morgan fingerprint density at radius 1 is 1.09 bits per heavy atom. The molecule has 1 fully saturated rings. The van der Waals surface area contributed by atoms with E-state index < -0.39 is 17.1 Å². The number of nitrogens with zero attached hydrogens (tertiary/aromatic N) is 2. The highest BCUT2D eigenvalue weighted by Gasteiger charge is 2.20. The summed E-state index contributed by atoms with van der Waals surface area (Å²) < 4.78 is 6.85. The van der Waals surface area contributed by atoms with Crippen LogP contribution in [0.5, 0.6) is 11.5 Å². The van der Waals surface area contributed by atoms with Gasteiger partial charge in [-0.25, -0.2) is 0 Å². The highest BCUT2D eigenvalue weighted by Crippen LogP contribution is 2.26. The number of carbonyl (C=O) groups excluding carboxylic acids is 1. The van der Waals surface area contributed by atoms with Crippen molar-refractivity contribution in [3.63, 3.8) is 0 Å². The number of carbonyl (C=O) groups is 1. The standard InChI is InChI=1S/C19H23N3O4.C7H8.C2H6/c1-2-26-15-9-7-14(8-10-15)20-19(25)17-18(24)16(23)12-22(21-17)11-13-5-3-4-6-13;1-7-5-3-2-4-6-7;1-2/h7-10,12-13,23H,2-6,11H2,1H3,(H,20,25);2-6H,1H3;1-2H3. The van der Waals surface area contributed by atoms with Crippen LogP contribution in [0.2, 0.25) is 0 Å². The quantitative estimate of drug-likeness (QED) is 0.465. The smallest absolute Gasteiger partial charge is 0.280 e. The van der Waals surface area contributed by atoms with Gasteiger partial charge >= 0.3 is 0 Å². The average molecular weight is 480 g/mol. The SMILES string of the molecule is CC.CCOc1ccc(NC(=O)c2nn(CC3CCCC3)cc(O)c2=O)cc1.Cc1ccccc1. The van der Waals surface area contributed by atoms with E-state index in [1.54, 1.807) is 24.3 Å². The highest BCUT2D eigenvalue weighted by atomic mass is 16.5. The van der Waals surface area contributed by atoms with Crippen molar-refractivity contribution < 1.29 is 14.6 Å². The Morgan fingerprint density at radius 2 is 1.71 bits per heavy atom. The zero-order valence-electron chi connectivity index (χ0n) is 21.2. The van der Waals surface area contributed by atoms with Crippen LogP contribution in [-0.4, -0.2) is 27.4 Å². The van der Waals surface area contributed by atoms with Crippen LogP contribution in [0.3, 0.4) is 0 Å². The van der Waals surface area contributed by atoms with E-state index in [-0.39, 0.29) is 5.69 Å². The number of ether oxygens (including phenoxy) is 1. The first-order chi connectivity index (χ1) is 17.0. The molecule has 188 valence electrons. The first-order valence-electron chi connectivity index (χ1n) is 12.3. The molecule has 0 bridgehead atoms. The van der Waals surface area contributed by atoms with E-state index >= 15 is 0 Å². The molecular weight excluding hydrogens is 442 g/mol. The van der Waals surface area contributed by atoms with Crippen LogP contribution < -0.4 is 15.5 Å². The third-order valence-electron chi connectivity index (χ3n) is 5.45. The van der Waals surface area contributed by atoms with Crippen molar-refractivity contribution in [2.24, 2.45) is 5.92 Å². The van der Waals surface area contributed by atoms with Gasteiger partial charge in [0.2, 0.25) is 0 Å². The summed E-state index contributed by atoms with van der Waals surface area (Å²) in [5.74, 6) is 0.0522. The molecular formula is C28H37N3O4. The minimum absolute atomic E-state index is 0.308. The molecule has 0 saturated heterocycles. The molecule has 1 aliphatic rings. The van der Waals surface area contributed by atoms with Gasteiger partial charge in [-0.2, -0.15) is 5.10 Å². The molecule has 1 saturated carbocycles. The second-order valence-corrected chi connectivity index (χ2v) is 8.13. The first-order valence-corrected chi connectivity index (χ1v) is 12.3. The van der Waals surface area contributed by atoms with E-state index in [0.717, 1.165) is 12.8 Å². The highest BCUT2D eigenvalue weighted by molar-refractivity contribution is 6.02. The van der Waals surface area contributed by atoms with Gasteiger partial charge in [-0.3, -0.25) is 14.3 Å². The molecule has 2 N–H and O–H groups in total. The Hall–Kier alpha value is -3.61. The number of aromatic nitrogens is 2. The van der Waals surface area contributed by atoms with Crippen molar-refractivity contribution in [3.8, 4) is 11.5 Å². The number of rotatable bonds is 6. The zero-order valence-corrected chi connectivity index (χ0v) is 21.2. The molecule has 0 spiro atoms. The monoisotopic (exact) mass is 479 g/mol. The van der Waals surface area contributed by atoms with Gasteiger partial charge in [-0.05, 0) is 56.9 Å². The maximum absolute atomic E-state index is 12.5.